The number of rotatable bonds is 5. The molecule has 3 aromatic carbocycles. The third-order valence-corrected chi connectivity index (χ3v) is 5.18. The quantitative estimate of drug-likeness (QED) is 0.395. The highest BCUT2D eigenvalue weighted by atomic mass is 35.5. The van der Waals surface area contributed by atoms with Crippen LogP contribution >= 0.6 is 11.6 Å². The summed E-state index contributed by atoms with van der Waals surface area (Å²) in [4.78, 5) is 21.0. The lowest BCUT2D eigenvalue weighted by atomic mass is 10.1. The Bertz CT molecular complexity index is 1210. The molecule has 1 N–H and O–H groups in total. The number of hydrogen-bond donors (Lipinski definition) is 1. The monoisotopic (exact) mass is 429 g/mol. The summed E-state index contributed by atoms with van der Waals surface area (Å²) >= 11 is 6.11. The highest BCUT2D eigenvalue weighted by Gasteiger charge is 2.09. The van der Waals surface area contributed by atoms with Gasteiger partial charge in [-0.15, -0.1) is 0 Å². The molecule has 5 nitrogen and oxygen atoms in total. The van der Waals surface area contributed by atoms with Crippen molar-refractivity contribution in [2.45, 2.75) is 13.8 Å². The third kappa shape index (κ3) is 5.08. The van der Waals surface area contributed by atoms with Gasteiger partial charge in [-0.1, -0.05) is 47.5 Å². The molecule has 4 aromatic rings. The summed E-state index contributed by atoms with van der Waals surface area (Å²) in [5, 5.41) is 3.44. The summed E-state index contributed by atoms with van der Waals surface area (Å²) in [7, 11) is 0. The summed E-state index contributed by atoms with van der Waals surface area (Å²) in [6, 6.07) is 20.6. The van der Waals surface area contributed by atoms with E-state index in [1.807, 2.05) is 50.2 Å². The van der Waals surface area contributed by atoms with Gasteiger partial charge in [-0.25, -0.2) is 9.97 Å². The first-order valence-electron chi connectivity index (χ1n) is 9.72. The highest BCUT2D eigenvalue weighted by molar-refractivity contribution is 6.31. The Hall–Kier alpha value is -3.70. The molecule has 0 aliphatic heterocycles. The number of anilines is 1. The van der Waals surface area contributed by atoms with Gasteiger partial charge in [-0.05, 0) is 61.4 Å². The van der Waals surface area contributed by atoms with Crippen LogP contribution in [-0.2, 0) is 0 Å². The van der Waals surface area contributed by atoms with Crippen molar-refractivity contribution in [3.63, 3.8) is 0 Å². The van der Waals surface area contributed by atoms with Gasteiger partial charge in [-0.2, -0.15) is 0 Å². The van der Waals surface area contributed by atoms with E-state index in [0.29, 0.717) is 22.0 Å². The predicted octanol–water partition coefficient (Wildman–Crippen LogP) is 6.46. The first-order valence-corrected chi connectivity index (χ1v) is 10.1. The zero-order valence-electron chi connectivity index (χ0n) is 17.1. The Morgan fingerprint density at radius 2 is 1.55 bits per heavy atom. The van der Waals surface area contributed by atoms with Gasteiger partial charge >= 0.3 is 6.01 Å². The molecule has 0 unspecified atom stereocenters. The van der Waals surface area contributed by atoms with E-state index in [2.05, 4.69) is 15.3 Å². The lowest BCUT2D eigenvalue weighted by molar-refractivity contribution is 0.102. The van der Waals surface area contributed by atoms with Crippen molar-refractivity contribution in [3.05, 3.63) is 101 Å². The number of aryl methyl sites for hydroxylation is 2. The fourth-order valence-electron chi connectivity index (χ4n) is 2.92. The molecule has 1 amide bonds. The molecule has 31 heavy (non-hydrogen) atoms. The molecule has 6 heteroatoms. The molecule has 4 rings (SSSR count). The SMILES string of the molecule is Cc1ccc(-c2cnc(Oc3ccc(C(=O)Nc4ccc(C)c(Cl)c4)cc3)nc2)cc1. The molecule has 0 fully saturated rings. The lowest BCUT2D eigenvalue weighted by Crippen LogP contribution is -2.11. The van der Waals surface area contributed by atoms with Gasteiger partial charge in [0.2, 0.25) is 0 Å². The van der Waals surface area contributed by atoms with Crippen LogP contribution in [-0.4, -0.2) is 15.9 Å². The topological polar surface area (TPSA) is 64.1 Å². The molecule has 0 radical (unpaired) electrons. The molecule has 0 saturated heterocycles. The van der Waals surface area contributed by atoms with Crippen LogP contribution in [0.3, 0.4) is 0 Å². The standard InChI is InChI=1S/C25H20ClN3O2/c1-16-3-6-18(7-4-16)20-14-27-25(28-15-20)31-22-11-8-19(9-12-22)24(30)29-21-10-5-17(2)23(26)13-21/h3-15H,1-2H3,(H,29,30). The average molecular weight is 430 g/mol. The van der Waals surface area contributed by atoms with Gasteiger partial charge in [0.15, 0.2) is 0 Å². The van der Waals surface area contributed by atoms with Crippen molar-refractivity contribution < 1.29 is 9.53 Å². The molecule has 0 atom stereocenters. The van der Waals surface area contributed by atoms with E-state index < -0.39 is 0 Å². The Kier molecular flexibility index (Phi) is 5.96. The first-order chi connectivity index (χ1) is 15.0. The second-order valence-corrected chi connectivity index (χ2v) is 7.57. The summed E-state index contributed by atoms with van der Waals surface area (Å²) in [5.41, 5.74) is 5.25. The number of hydrogen-bond acceptors (Lipinski definition) is 4. The maximum atomic E-state index is 12.5. The minimum absolute atomic E-state index is 0.231. The van der Waals surface area contributed by atoms with E-state index >= 15 is 0 Å². The molecule has 0 bridgehead atoms. The van der Waals surface area contributed by atoms with E-state index in [9.17, 15) is 4.79 Å². The summed E-state index contributed by atoms with van der Waals surface area (Å²) < 4.78 is 5.70. The number of benzene rings is 3. The second-order valence-electron chi connectivity index (χ2n) is 7.16. The van der Waals surface area contributed by atoms with Gasteiger partial charge in [0.25, 0.3) is 5.91 Å². The number of ether oxygens (including phenoxy) is 1. The fourth-order valence-corrected chi connectivity index (χ4v) is 3.10. The normalized spacial score (nSPS) is 10.5. The van der Waals surface area contributed by atoms with Crippen LogP contribution in [0.15, 0.2) is 79.1 Å². The number of halogens is 1. The molecule has 0 saturated carbocycles. The van der Waals surface area contributed by atoms with E-state index in [1.54, 1.807) is 42.7 Å². The van der Waals surface area contributed by atoms with Crippen LogP contribution in [0.2, 0.25) is 5.02 Å². The van der Waals surface area contributed by atoms with Crippen molar-refractivity contribution in [1.29, 1.82) is 0 Å². The Morgan fingerprint density at radius 3 is 2.19 bits per heavy atom. The number of aromatic nitrogens is 2. The zero-order valence-corrected chi connectivity index (χ0v) is 17.9. The molecule has 154 valence electrons. The largest absolute Gasteiger partial charge is 0.424 e. The molecule has 0 aliphatic rings. The van der Waals surface area contributed by atoms with E-state index in [1.165, 1.54) is 5.56 Å². The zero-order chi connectivity index (χ0) is 21.8. The Balaban J connectivity index is 1.40. The first kappa shape index (κ1) is 20.6. The Morgan fingerprint density at radius 1 is 0.871 bits per heavy atom. The van der Waals surface area contributed by atoms with E-state index in [-0.39, 0.29) is 11.9 Å². The Labute approximate surface area is 185 Å². The summed E-state index contributed by atoms with van der Waals surface area (Å²) in [6.45, 7) is 3.96. The van der Waals surface area contributed by atoms with E-state index in [0.717, 1.165) is 16.7 Å². The molecular formula is C25H20ClN3O2. The maximum Gasteiger partial charge on any atom is 0.321 e. The van der Waals surface area contributed by atoms with Gasteiger partial charge < -0.3 is 10.1 Å². The molecule has 0 aliphatic carbocycles. The lowest BCUT2D eigenvalue weighted by Gasteiger charge is -2.08. The number of nitrogens with one attached hydrogen (secondary N) is 1. The minimum atomic E-state index is -0.231. The average Bonchev–Trinajstić information content (AvgIpc) is 2.78. The van der Waals surface area contributed by atoms with Crippen molar-refractivity contribution in [3.8, 4) is 22.9 Å². The smallest absolute Gasteiger partial charge is 0.321 e. The van der Waals surface area contributed by atoms with Crippen LogP contribution in [0.4, 0.5) is 5.69 Å². The fraction of sp³-hybridized carbons (Fsp3) is 0.0800. The van der Waals surface area contributed by atoms with Crippen molar-refractivity contribution in [2.75, 3.05) is 5.32 Å². The van der Waals surface area contributed by atoms with Crippen LogP contribution in [0, 0.1) is 13.8 Å². The number of carbonyl (C=O) groups is 1. The van der Waals surface area contributed by atoms with Crippen LogP contribution in [0.25, 0.3) is 11.1 Å². The van der Waals surface area contributed by atoms with Gasteiger partial charge in [0, 0.05) is 34.2 Å². The third-order valence-electron chi connectivity index (χ3n) is 4.77. The van der Waals surface area contributed by atoms with Crippen molar-refractivity contribution in [2.24, 2.45) is 0 Å². The minimum Gasteiger partial charge on any atom is -0.424 e. The molecule has 0 spiro atoms. The predicted molar refractivity (Wildman–Crippen MR) is 123 cm³/mol. The van der Waals surface area contributed by atoms with Gasteiger partial charge in [0.05, 0.1) is 0 Å². The van der Waals surface area contributed by atoms with Crippen molar-refractivity contribution in [1.82, 2.24) is 9.97 Å². The number of amides is 1. The van der Waals surface area contributed by atoms with Crippen LogP contribution < -0.4 is 10.1 Å². The number of carbonyl (C=O) groups excluding carboxylic acids is 1. The second kappa shape index (κ2) is 8.98. The molecule has 1 heterocycles. The highest BCUT2D eigenvalue weighted by Crippen LogP contribution is 2.23. The van der Waals surface area contributed by atoms with Crippen LogP contribution in [0.1, 0.15) is 21.5 Å². The summed E-state index contributed by atoms with van der Waals surface area (Å²) in [5.74, 6) is 0.309. The van der Waals surface area contributed by atoms with Gasteiger partial charge in [-0.3, -0.25) is 4.79 Å². The number of nitrogens with zero attached hydrogens (tertiary/aromatic N) is 2. The molecular weight excluding hydrogens is 410 g/mol. The van der Waals surface area contributed by atoms with Gasteiger partial charge in [0.1, 0.15) is 5.75 Å². The van der Waals surface area contributed by atoms with Crippen molar-refractivity contribution >= 4 is 23.2 Å². The summed E-state index contributed by atoms with van der Waals surface area (Å²) in [6.07, 6.45) is 3.45. The molecule has 1 aromatic heterocycles. The maximum absolute atomic E-state index is 12.5. The van der Waals surface area contributed by atoms with E-state index in [4.69, 9.17) is 16.3 Å². The van der Waals surface area contributed by atoms with Crippen LogP contribution in [0.5, 0.6) is 11.8 Å².